The molecule has 138 valence electrons. The number of ether oxygens (including phenoxy) is 1. The monoisotopic (exact) mass is 347 g/mol. The SMILES string of the molecule is COc1ccc(N2C[C@@H](C(=O)NCC(C)(C)CN(C)C)CC2=O)cc1. The summed E-state index contributed by atoms with van der Waals surface area (Å²) in [5.74, 6) is 0.381. The molecular weight excluding hydrogens is 318 g/mol. The molecule has 0 aliphatic carbocycles. The number of nitrogens with zero attached hydrogens (tertiary/aromatic N) is 2. The summed E-state index contributed by atoms with van der Waals surface area (Å²) in [6.07, 6.45) is 0.256. The standard InChI is InChI=1S/C19H29N3O3/c1-19(2,13-21(3)4)12-20-18(24)14-10-17(23)22(11-14)15-6-8-16(25-5)9-7-15/h6-9,14H,10-13H2,1-5H3,(H,20,24)/t14-/m0/s1. The highest BCUT2D eigenvalue weighted by atomic mass is 16.5. The van der Waals surface area contributed by atoms with Gasteiger partial charge in [-0.3, -0.25) is 9.59 Å². The molecule has 25 heavy (non-hydrogen) atoms. The van der Waals surface area contributed by atoms with Crippen LogP contribution in [0.3, 0.4) is 0 Å². The molecule has 1 N–H and O–H groups in total. The summed E-state index contributed by atoms with van der Waals surface area (Å²) in [5.41, 5.74) is 0.784. The number of hydrogen-bond acceptors (Lipinski definition) is 4. The van der Waals surface area contributed by atoms with Crippen molar-refractivity contribution < 1.29 is 14.3 Å². The second kappa shape index (κ2) is 7.87. The fourth-order valence-electron chi connectivity index (χ4n) is 3.28. The van der Waals surface area contributed by atoms with E-state index in [0.29, 0.717) is 13.1 Å². The van der Waals surface area contributed by atoms with Gasteiger partial charge in [0.25, 0.3) is 0 Å². The van der Waals surface area contributed by atoms with Crippen molar-refractivity contribution in [2.45, 2.75) is 20.3 Å². The van der Waals surface area contributed by atoms with Gasteiger partial charge in [-0.05, 0) is 43.8 Å². The van der Waals surface area contributed by atoms with Gasteiger partial charge in [0, 0.05) is 31.7 Å². The Balaban J connectivity index is 1.93. The quantitative estimate of drug-likeness (QED) is 0.816. The first kappa shape index (κ1) is 19.2. The van der Waals surface area contributed by atoms with Gasteiger partial charge in [-0.15, -0.1) is 0 Å². The molecule has 0 spiro atoms. The largest absolute Gasteiger partial charge is 0.497 e. The van der Waals surface area contributed by atoms with Crippen molar-refractivity contribution in [2.24, 2.45) is 11.3 Å². The highest BCUT2D eigenvalue weighted by Gasteiger charge is 2.35. The van der Waals surface area contributed by atoms with E-state index >= 15 is 0 Å². The Labute approximate surface area is 150 Å². The predicted molar refractivity (Wildman–Crippen MR) is 98.8 cm³/mol. The van der Waals surface area contributed by atoms with E-state index < -0.39 is 0 Å². The first-order chi connectivity index (χ1) is 11.7. The minimum atomic E-state index is -0.301. The number of nitrogens with one attached hydrogen (secondary N) is 1. The Kier molecular flexibility index (Phi) is 6.06. The number of amides is 2. The first-order valence-electron chi connectivity index (χ1n) is 8.59. The van der Waals surface area contributed by atoms with E-state index in [1.54, 1.807) is 12.0 Å². The zero-order valence-electron chi connectivity index (χ0n) is 15.8. The maximum absolute atomic E-state index is 12.5. The lowest BCUT2D eigenvalue weighted by Crippen LogP contribution is -2.42. The second-order valence-corrected chi connectivity index (χ2v) is 7.72. The number of benzene rings is 1. The summed E-state index contributed by atoms with van der Waals surface area (Å²) < 4.78 is 5.14. The van der Waals surface area contributed by atoms with Crippen molar-refractivity contribution in [2.75, 3.05) is 45.7 Å². The van der Waals surface area contributed by atoms with E-state index in [0.717, 1.165) is 18.0 Å². The van der Waals surface area contributed by atoms with Gasteiger partial charge in [-0.1, -0.05) is 13.8 Å². The van der Waals surface area contributed by atoms with Gasteiger partial charge in [-0.2, -0.15) is 0 Å². The van der Waals surface area contributed by atoms with E-state index in [1.807, 2.05) is 38.4 Å². The van der Waals surface area contributed by atoms with Crippen molar-refractivity contribution in [3.63, 3.8) is 0 Å². The molecule has 1 saturated heterocycles. The molecule has 1 aromatic carbocycles. The minimum absolute atomic E-state index is 0.0159. The molecular formula is C19H29N3O3. The summed E-state index contributed by atoms with van der Waals surface area (Å²) in [6.45, 7) is 6.14. The molecule has 1 heterocycles. The average molecular weight is 347 g/mol. The minimum Gasteiger partial charge on any atom is -0.497 e. The molecule has 1 fully saturated rings. The third-order valence-electron chi connectivity index (χ3n) is 4.37. The van der Waals surface area contributed by atoms with Crippen LogP contribution in [0.1, 0.15) is 20.3 Å². The fourth-order valence-corrected chi connectivity index (χ4v) is 3.28. The van der Waals surface area contributed by atoms with E-state index in [9.17, 15) is 9.59 Å². The smallest absolute Gasteiger partial charge is 0.227 e. The summed E-state index contributed by atoms with van der Waals surface area (Å²) in [7, 11) is 5.64. The van der Waals surface area contributed by atoms with Gasteiger partial charge in [0.05, 0.1) is 13.0 Å². The van der Waals surface area contributed by atoms with Crippen molar-refractivity contribution in [3.8, 4) is 5.75 Å². The highest BCUT2D eigenvalue weighted by molar-refractivity contribution is 6.00. The number of hydrogen-bond donors (Lipinski definition) is 1. The maximum atomic E-state index is 12.5. The van der Waals surface area contributed by atoms with Crippen LogP contribution in [0.4, 0.5) is 5.69 Å². The van der Waals surface area contributed by atoms with Crippen LogP contribution in [-0.2, 0) is 9.59 Å². The Morgan fingerprint density at radius 2 is 1.96 bits per heavy atom. The third-order valence-corrected chi connectivity index (χ3v) is 4.37. The Morgan fingerprint density at radius 1 is 1.32 bits per heavy atom. The summed E-state index contributed by atoms with van der Waals surface area (Å²) in [5, 5.41) is 3.02. The fraction of sp³-hybridized carbons (Fsp3) is 0.579. The van der Waals surface area contributed by atoms with Crippen molar-refractivity contribution >= 4 is 17.5 Å². The molecule has 0 bridgehead atoms. The lowest BCUT2D eigenvalue weighted by Gasteiger charge is -2.29. The molecule has 2 amide bonds. The van der Waals surface area contributed by atoms with Crippen molar-refractivity contribution in [1.82, 2.24) is 10.2 Å². The van der Waals surface area contributed by atoms with E-state index in [-0.39, 0.29) is 29.6 Å². The molecule has 1 aliphatic heterocycles. The molecule has 0 radical (unpaired) electrons. The lowest BCUT2D eigenvalue weighted by atomic mass is 9.92. The lowest BCUT2D eigenvalue weighted by molar-refractivity contribution is -0.126. The number of rotatable bonds is 7. The van der Waals surface area contributed by atoms with Gasteiger partial charge < -0.3 is 19.9 Å². The van der Waals surface area contributed by atoms with Crippen LogP contribution < -0.4 is 15.0 Å². The summed E-state index contributed by atoms with van der Waals surface area (Å²) in [6, 6.07) is 7.33. The maximum Gasteiger partial charge on any atom is 0.227 e. The summed E-state index contributed by atoms with van der Waals surface area (Å²) in [4.78, 5) is 28.6. The number of anilines is 1. The van der Waals surface area contributed by atoms with Crippen LogP contribution in [0.25, 0.3) is 0 Å². The zero-order chi connectivity index (χ0) is 18.6. The molecule has 0 unspecified atom stereocenters. The molecule has 1 aromatic rings. The molecule has 1 aliphatic rings. The van der Waals surface area contributed by atoms with Crippen LogP contribution in [-0.4, -0.2) is 57.6 Å². The van der Waals surface area contributed by atoms with E-state index in [2.05, 4.69) is 24.1 Å². The van der Waals surface area contributed by atoms with Crippen LogP contribution in [0.15, 0.2) is 24.3 Å². The van der Waals surface area contributed by atoms with Gasteiger partial charge in [0.2, 0.25) is 11.8 Å². The van der Waals surface area contributed by atoms with Gasteiger partial charge in [0.1, 0.15) is 5.75 Å². The normalized spacial score (nSPS) is 17.9. The Hall–Kier alpha value is -2.08. The number of methoxy groups -OCH3 is 1. The van der Waals surface area contributed by atoms with Crippen molar-refractivity contribution in [3.05, 3.63) is 24.3 Å². The molecule has 6 heteroatoms. The third kappa shape index (κ3) is 5.19. The van der Waals surface area contributed by atoms with E-state index in [4.69, 9.17) is 4.74 Å². The van der Waals surface area contributed by atoms with Gasteiger partial charge in [0.15, 0.2) is 0 Å². The molecule has 2 rings (SSSR count). The second-order valence-electron chi connectivity index (χ2n) is 7.72. The number of carbonyl (C=O) groups is 2. The van der Waals surface area contributed by atoms with Gasteiger partial charge >= 0.3 is 0 Å². The molecule has 0 aromatic heterocycles. The predicted octanol–water partition coefficient (Wildman–Crippen LogP) is 1.75. The van der Waals surface area contributed by atoms with Crippen molar-refractivity contribution in [1.29, 1.82) is 0 Å². The molecule has 0 saturated carbocycles. The summed E-state index contributed by atoms with van der Waals surface area (Å²) >= 11 is 0. The zero-order valence-corrected chi connectivity index (χ0v) is 15.8. The Morgan fingerprint density at radius 3 is 2.52 bits per heavy atom. The molecule has 6 nitrogen and oxygen atoms in total. The van der Waals surface area contributed by atoms with Crippen LogP contribution >= 0.6 is 0 Å². The molecule has 1 atom stereocenters. The number of carbonyl (C=O) groups excluding carboxylic acids is 2. The van der Waals surface area contributed by atoms with Crippen LogP contribution in [0.5, 0.6) is 5.75 Å². The average Bonchev–Trinajstić information content (AvgIpc) is 2.93. The van der Waals surface area contributed by atoms with Crippen LogP contribution in [0.2, 0.25) is 0 Å². The van der Waals surface area contributed by atoms with Gasteiger partial charge in [-0.25, -0.2) is 0 Å². The topological polar surface area (TPSA) is 61.9 Å². The highest BCUT2D eigenvalue weighted by Crippen LogP contribution is 2.27. The van der Waals surface area contributed by atoms with Crippen LogP contribution in [0, 0.1) is 11.3 Å². The Bertz CT molecular complexity index is 611. The van der Waals surface area contributed by atoms with E-state index in [1.165, 1.54) is 0 Å². The first-order valence-corrected chi connectivity index (χ1v) is 8.59.